The van der Waals surface area contributed by atoms with Gasteiger partial charge in [-0.15, -0.1) is 0 Å². The van der Waals surface area contributed by atoms with Crippen LogP contribution in [0.3, 0.4) is 0 Å². The second-order valence-corrected chi connectivity index (χ2v) is 12.6. The van der Waals surface area contributed by atoms with Crippen LogP contribution in [0.5, 0.6) is 0 Å². The fourth-order valence-corrected chi connectivity index (χ4v) is 10.6. The molecule has 0 N–H and O–H groups in total. The average Bonchev–Trinajstić information content (AvgIpc) is 2.53. The first kappa shape index (κ1) is 21.8. The molecular formula is C19H39GaN2. The van der Waals surface area contributed by atoms with Crippen LogP contribution in [-0.4, -0.2) is 38.9 Å². The molecule has 0 aliphatic carbocycles. The summed E-state index contributed by atoms with van der Waals surface area (Å²) in [6.45, 7) is 16.0. The van der Waals surface area contributed by atoms with Gasteiger partial charge < -0.3 is 0 Å². The van der Waals surface area contributed by atoms with E-state index < -0.39 is 16.5 Å². The average molecular weight is 365 g/mol. The van der Waals surface area contributed by atoms with Crippen LogP contribution >= 0.6 is 0 Å². The second kappa shape index (κ2) is 14.4. The van der Waals surface area contributed by atoms with Crippen LogP contribution in [-0.2, 0) is 0 Å². The van der Waals surface area contributed by atoms with Crippen molar-refractivity contribution in [2.24, 2.45) is 4.99 Å². The van der Waals surface area contributed by atoms with Crippen LogP contribution in [0.4, 0.5) is 0 Å². The van der Waals surface area contributed by atoms with Crippen molar-refractivity contribution in [3.05, 3.63) is 11.8 Å². The standard InChI is InChI=1S/C13H25N2.2C3H7.Ga/c1-5-9-14-12(7-3)11-13(8-4)15-10-6-2;2*1-3-2;/h11H,5-10H2,1-4H3;2*1,3H2,2H3;/q-1;;;+1/b12-11-,15-13?;;;. The summed E-state index contributed by atoms with van der Waals surface area (Å²) in [6.07, 6.45) is 9.75. The summed E-state index contributed by atoms with van der Waals surface area (Å²) in [7, 11) is 0. The van der Waals surface area contributed by atoms with Crippen molar-refractivity contribution in [2.45, 2.75) is 90.0 Å². The van der Waals surface area contributed by atoms with E-state index in [2.05, 4.69) is 51.2 Å². The monoisotopic (exact) mass is 364 g/mol. The van der Waals surface area contributed by atoms with Crippen LogP contribution in [0.25, 0.3) is 0 Å². The van der Waals surface area contributed by atoms with E-state index in [0.29, 0.717) is 0 Å². The van der Waals surface area contributed by atoms with E-state index >= 15 is 0 Å². The molecular weight excluding hydrogens is 326 g/mol. The first-order chi connectivity index (χ1) is 10.7. The number of rotatable bonds is 13. The Hall–Kier alpha value is -0.154. The van der Waals surface area contributed by atoms with Crippen molar-refractivity contribution in [1.82, 2.24) is 3.61 Å². The van der Waals surface area contributed by atoms with Gasteiger partial charge in [0, 0.05) is 0 Å². The molecule has 0 spiro atoms. The zero-order valence-corrected chi connectivity index (χ0v) is 18.5. The van der Waals surface area contributed by atoms with E-state index in [1.54, 1.807) is 5.70 Å². The maximum absolute atomic E-state index is 4.78. The van der Waals surface area contributed by atoms with Crippen molar-refractivity contribution in [2.75, 3.05) is 13.1 Å². The molecule has 0 fully saturated rings. The number of nitrogens with zero attached hydrogens (tertiary/aromatic N) is 2. The van der Waals surface area contributed by atoms with E-state index in [1.807, 2.05) is 0 Å². The first-order valence-electron chi connectivity index (χ1n) is 9.68. The Kier molecular flexibility index (Phi) is 14.3. The third-order valence-electron chi connectivity index (χ3n) is 4.11. The third kappa shape index (κ3) is 8.47. The van der Waals surface area contributed by atoms with E-state index in [-0.39, 0.29) is 0 Å². The number of hydrogen-bond acceptors (Lipinski definition) is 2. The Labute approximate surface area is 145 Å². The molecule has 3 heteroatoms. The molecule has 0 saturated heterocycles. The van der Waals surface area contributed by atoms with E-state index in [1.165, 1.54) is 41.5 Å². The summed E-state index contributed by atoms with van der Waals surface area (Å²) in [4.78, 5) is 7.76. The Balaban J connectivity index is 5.34. The van der Waals surface area contributed by atoms with E-state index in [4.69, 9.17) is 4.99 Å². The minimum atomic E-state index is -1.36. The summed E-state index contributed by atoms with van der Waals surface area (Å²) in [5, 5.41) is 0. The molecule has 0 aromatic heterocycles. The zero-order chi connectivity index (χ0) is 16.8. The Bertz CT molecular complexity index is 317. The van der Waals surface area contributed by atoms with Crippen LogP contribution in [0.15, 0.2) is 16.8 Å². The molecule has 0 aromatic rings. The van der Waals surface area contributed by atoms with Crippen molar-refractivity contribution < 1.29 is 0 Å². The van der Waals surface area contributed by atoms with Gasteiger partial charge in [0.05, 0.1) is 0 Å². The van der Waals surface area contributed by atoms with Gasteiger partial charge >= 0.3 is 146 Å². The van der Waals surface area contributed by atoms with Crippen molar-refractivity contribution in [3.8, 4) is 0 Å². The first-order valence-corrected chi connectivity index (χ1v) is 14.2. The van der Waals surface area contributed by atoms with E-state index in [9.17, 15) is 0 Å². The molecule has 0 unspecified atom stereocenters. The summed E-state index contributed by atoms with van der Waals surface area (Å²) in [6, 6.07) is 0. The van der Waals surface area contributed by atoms with Crippen molar-refractivity contribution in [3.63, 3.8) is 0 Å². The number of allylic oxidation sites excluding steroid dienone is 2. The molecule has 128 valence electrons. The molecule has 0 aromatic carbocycles. The van der Waals surface area contributed by atoms with Gasteiger partial charge in [-0.1, -0.05) is 0 Å². The van der Waals surface area contributed by atoms with Gasteiger partial charge in [-0.05, 0) is 0 Å². The van der Waals surface area contributed by atoms with E-state index in [0.717, 1.165) is 25.8 Å². The Morgan fingerprint density at radius 3 is 1.91 bits per heavy atom. The van der Waals surface area contributed by atoms with Gasteiger partial charge in [0.25, 0.3) is 0 Å². The van der Waals surface area contributed by atoms with Crippen molar-refractivity contribution >= 4 is 22.2 Å². The topological polar surface area (TPSA) is 15.6 Å². The predicted molar refractivity (Wildman–Crippen MR) is 104 cm³/mol. The summed E-state index contributed by atoms with van der Waals surface area (Å²) >= 11 is -1.36. The molecule has 0 aliphatic heterocycles. The zero-order valence-electron chi connectivity index (χ0n) is 16.1. The second-order valence-electron chi connectivity index (χ2n) is 6.14. The van der Waals surface area contributed by atoms with Crippen LogP contribution in [0.1, 0.15) is 80.1 Å². The number of aliphatic imine (C=N–C) groups is 1. The van der Waals surface area contributed by atoms with Crippen LogP contribution < -0.4 is 0 Å². The summed E-state index contributed by atoms with van der Waals surface area (Å²) < 4.78 is 2.87. The minimum absolute atomic E-state index is 0.971. The SMILES string of the molecule is CCCN=C(/C=C(/CC)[N](CCC)[Ga]([CH2]CC)[CH2]CC)CC. The van der Waals surface area contributed by atoms with Crippen molar-refractivity contribution in [1.29, 1.82) is 0 Å². The van der Waals surface area contributed by atoms with Crippen LogP contribution in [0, 0.1) is 0 Å². The van der Waals surface area contributed by atoms with Gasteiger partial charge in [-0.2, -0.15) is 0 Å². The molecule has 0 atom stereocenters. The molecule has 0 rings (SSSR count). The summed E-state index contributed by atoms with van der Waals surface area (Å²) in [5.74, 6) is 0. The normalized spacial score (nSPS) is 12.6. The molecule has 0 saturated carbocycles. The Morgan fingerprint density at radius 1 is 0.864 bits per heavy atom. The van der Waals surface area contributed by atoms with Gasteiger partial charge in [0.2, 0.25) is 0 Å². The van der Waals surface area contributed by atoms with Gasteiger partial charge in [0.15, 0.2) is 0 Å². The maximum atomic E-state index is 4.78. The fraction of sp³-hybridized carbons (Fsp3) is 0.842. The number of hydrogen-bond donors (Lipinski definition) is 0. The quantitative estimate of drug-likeness (QED) is 0.286. The van der Waals surface area contributed by atoms with Gasteiger partial charge in [0.1, 0.15) is 0 Å². The third-order valence-corrected chi connectivity index (χ3v) is 12.4. The molecule has 0 heterocycles. The Morgan fingerprint density at radius 2 is 1.50 bits per heavy atom. The molecule has 0 aliphatic rings. The van der Waals surface area contributed by atoms with Crippen LogP contribution in [0.2, 0.25) is 9.95 Å². The molecule has 0 radical (unpaired) electrons. The molecule has 2 nitrogen and oxygen atoms in total. The van der Waals surface area contributed by atoms with Gasteiger partial charge in [-0.25, -0.2) is 0 Å². The fourth-order valence-electron chi connectivity index (χ4n) is 3.02. The predicted octanol–water partition coefficient (Wildman–Crippen LogP) is 6.06. The summed E-state index contributed by atoms with van der Waals surface area (Å²) in [5.41, 5.74) is 2.87. The molecule has 0 amide bonds. The van der Waals surface area contributed by atoms with Gasteiger partial charge in [-0.3, -0.25) is 0 Å². The molecule has 0 bridgehead atoms. The molecule has 22 heavy (non-hydrogen) atoms.